The Bertz CT molecular complexity index is 624. The summed E-state index contributed by atoms with van der Waals surface area (Å²) in [5.41, 5.74) is 0. The molecule has 2 N–H and O–H groups in total. The number of hydrogen-bond donors (Lipinski definition) is 2. The molecule has 0 spiro atoms. The van der Waals surface area contributed by atoms with Crippen LogP contribution in [-0.2, 0) is 9.53 Å². The Hall–Kier alpha value is -1.77. The van der Waals surface area contributed by atoms with Crippen LogP contribution in [0.25, 0.3) is 0 Å². The Morgan fingerprint density at radius 2 is 2.15 bits per heavy atom. The molecule has 1 aromatic rings. The van der Waals surface area contributed by atoms with Crippen molar-refractivity contribution in [2.24, 2.45) is 5.92 Å². The van der Waals surface area contributed by atoms with E-state index in [4.69, 9.17) is 9.47 Å². The molecule has 1 aliphatic carbocycles. The van der Waals surface area contributed by atoms with Crippen molar-refractivity contribution >= 4 is 23.9 Å². The molecule has 0 bridgehead atoms. The summed E-state index contributed by atoms with van der Waals surface area (Å²) in [4.78, 5) is 25.0. The molecule has 26 heavy (non-hydrogen) atoms. The van der Waals surface area contributed by atoms with E-state index in [0.29, 0.717) is 19.8 Å². The Morgan fingerprint density at radius 3 is 2.92 bits per heavy atom. The minimum atomic E-state index is -0.333. The van der Waals surface area contributed by atoms with Gasteiger partial charge in [0.2, 0.25) is 5.91 Å². The molecule has 0 aromatic heterocycles. The number of urea groups is 1. The molecule has 2 aliphatic rings. The van der Waals surface area contributed by atoms with Crippen molar-refractivity contribution in [2.45, 2.75) is 24.2 Å². The second-order valence-electron chi connectivity index (χ2n) is 6.47. The summed E-state index contributed by atoms with van der Waals surface area (Å²) in [7, 11) is 0. The maximum atomic E-state index is 11.3. The van der Waals surface area contributed by atoms with Crippen LogP contribution in [0.4, 0.5) is 4.79 Å². The predicted molar refractivity (Wildman–Crippen MR) is 99.1 cm³/mol. The molecule has 8 heteroatoms. The van der Waals surface area contributed by atoms with E-state index in [2.05, 4.69) is 22.2 Å². The molecule has 0 radical (unpaired) electrons. The summed E-state index contributed by atoms with van der Waals surface area (Å²) >= 11 is 1.58. The highest BCUT2D eigenvalue weighted by Gasteiger charge is 2.25. The van der Waals surface area contributed by atoms with Gasteiger partial charge in [0.05, 0.1) is 13.2 Å². The van der Waals surface area contributed by atoms with Gasteiger partial charge in [0, 0.05) is 24.6 Å². The maximum Gasteiger partial charge on any atom is 0.324 e. The lowest BCUT2D eigenvalue weighted by atomic mass is 10.3. The van der Waals surface area contributed by atoms with Gasteiger partial charge in [-0.3, -0.25) is 14.8 Å². The Kier molecular flexibility index (Phi) is 7.16. The van der Waals surface area contributed by atoms with Crippen LogP contribution >= 0.6 is 11.9 Å². The van der Waals surface area contributed by atoms with Gasteiger partial charge >= 0.3 is 6.03 Å². The normalized spacial score (nSPS) is 16.8. The first-order chi connectivity index (χ1) is 12.7. The Morgan fingerprint density at radius 1 is 1.27 bits per heavy atom. The van der Waals surface area contributed by atoms with Crippen LogP contribution in [0.3, 0.4) is 0 Å². The lowest BCUT2D eigenvalue weighted by Gasteiger charge is -2.13. The smallest absolute Gasteiger partial charge is 0.324 e. The summed E-state index contributed by atoms with van der Waals surface area (Å²) in [6.45, 7) is 3.26. The van der Waals surface area contributed by atoms with E-state index >= 15 is 0 Å². The third kappa shape index (κ3) is 6.51. The van der Waals surface area contributed by atoms with E-state index in [0.717, 1.165) is 36.1 Å². The molecule has 3 amide bonds. The first-order valence-electron chi connectivity index (χ1n) is 9.00. The second kappa shape index (κ2) is 9.80. The van der Waals surface area contributed by atoms with Gasteiger partial charge in [-0.1, -0.05) is 6.07 Å². The number of nitrogens with zero attached hydrogens (tertiary/aromatic N) is 1. The first-order valence-corrected chi connectivity index (χ1v) is 9.81. The van der Waals surface area contributed by atoms with Crippen LogP contribution in [0.1, 0.15) is 19.3 Å². The van der Waals surface area contributed by atoms with E-state index < -0.39 is 0 Å². The van der Waals surface area contributed by atoms with Crippen LogP contribution in [0.15, 0.2) is 29.2 Å². The fraction of sp³-hybridized carbons (Fsp3) is 0.556. The van der Waals surface area contributed by atoms with Crippen molar-refractivity contribution in [3.05, 3.63) is 24.3 Å². The molecule has 142 valence electrons. The largest absolute Gasteiger partial charge is 0.493 e. The van der Waals surface area contributed by atoms with Crippen LogP contribution in [-0.4, -0.2) is 56.3 Å². The number of amides is 3. The molecule has 3 rings (SSSR count). The minimum absolute atomic E-state index is 0.129. The van der Waals surface area contributed by atoms with Crippen LogP contribution in [0.2, 0.25) is 0 Å². The maximum absolute atomic E-state index is 11.3. The zero-order valence-corrected chi connectivity index (χ0v) is 15.6. The third-order valence-electron chi connectivity index (χ3n) is 4.12. The minimum Gasteiger partial charge on any atom is -0.493 e. The van der Waals surface area contributed by atoms with Crippen molar-refractivity contribution in [2.75, 3.05) is 39.5 Å². The van der Waals surface area contributed by atoms with Gasteiger partial charge < -0.3 is 14.4 Å². The van der Waals surface area contributed by atoms with Crippen LogP contribution in [0, 0.1) is 5.92 Å². The van der Waals surface area contributed by atoms with Gasteiger partial charge in [-0.25, -0.2) is 4.79 Å². The van der Waals surface area contributed by atoms with Crippen molar-refractivity contribution in [1.82, 2.24) is 14.9 Å². The van der Waals surface area contributed by atoms with Crippen molar-refractivity contribution in [3.63, 3.8) is 0 Å². The van der Waals surface area contributed by atoms with Gasteiger partial charge in [-0.2, -0.15) is 0 Å². The fourth-order valence-electron chi connectivity index (χ4n) is 2.45. The molecular weight excluding hydrogens is 354 g/mol. The SMILES string of the molecule is O=C1CN(CCOCCCNSc2cccc(OCC3CC3)c2)C(=O)N1. The van der Waals surface area contributed by atoms with E-state index in [-0.39, 0.29) is 18.5 Å². The number of benzene rings is 1. The average Bonchev–Trinajstić information content (AvgIpc) is 3.40. The molecule has 0 atom stereocenters. The standard InChI is InChI=1S/C18H25N3O4S/c22-17-12-21(18(23)20-17)8-10-24-9-2-7-19-26-16-4-1-3-15(11-16)25-13-14-5-6-14/h1,3-4,11,14,19H,2,5-10,12-13H2,(H,20,22,23). The highest BCUT2D eigenvalue weighted by atomic mass is 32.2. The zero-order valence-electron chi connectivity index (χ0n) is 14.7. The third-order valence-corrected chi connectivity index (χ3v) is 4.96. The van der Waals surface area contributed by atoms with Gasteiger partial charge in [0.25, 0.3) is 0 Å². The molecule has 1 aliphatic heterocycles. The quantitative estimate of drug-likeness (QED) is 0.329. The highest BCUT2D eigenvalue weighted by molar-refractivity contribution is 7.97. The number of carbonyl (C=O) groups excluding carboxylic acids is 2. The average molecular weight is 379 g/mol. The summed E-state index contributed by atoms with van der Waals surface area (Å²) < 4.78 is 14.6. The lowest BCUT2D eigenvalue weighted by molar-refractivity contribution is -0.118. The number of ether oxygens (including phenoxy) is 2. The summed E-state index contributed by atoms with van der Waals surface area (Å²) in [6, 6.07) is 7.78. The zero-order chi connectivity index (χ0) is 18.2. The first kappa shape index (κ1) is 19.0. The predicted octanol–water partition coefficient (Wildman–Crippen LogP) is 2.03. The second-order valence-corrected chi connectivity index (χ2v) is 7.43. The molecule has 2 fully saturated rings. The van der Waals surface area contributed by atoms with Gasteiger partial charge in [0.15, 0.2) is 0 Å². The number of carbonyl (C=O) groups is 2. The van der Waals surface area contributed by atoms with Crippen LogP contribution in [0.5, 0.6) is 5.75 Å². The van der Waals surface area contributed by atoms with Gasteiger partial charge in [-0.15, -0.1) is 0 Å². The Balaban J connectivity index is 1.20. The Labute approximate surface area is 157 Å². The summed E-state index contributed by atoms with van der Waals surface area (Å²) in [5.74, 6) is 1.43. The summed E-state index contributed by atoms with van der Waals surface area (Å²) in [6.07, 6.45) is 3.46. The van der Waals surface area contributed by atoms with E-state index in [9.17, 15) is 9.59 Å². The molecule has 0 unspecified atom stereocenters. The van der Waals surface area contributed by atoms with Gasteiger partial charge in [0.1, 0.15) is 12.3 Å². The number of hydrogen-bond acceptors (Lipinski definition) is 6. The molecule has 1 saturated heterocycles. The van der Waals surface area contributed by atoms with Crippen molar-refractivity contribution in [1.29, 1.82) is 0 Å². The van der Waals surface area contributed by atoms with Gasteiger partial charge in [-0.05, 0) is 55.3 Å². The lowest BCUT2D eigenvalue weighted by Crippen LogP contribution is -2.31. The molecule has 7 nitrogen and oxygen atoms in total. The highest BCUT2D eigenvalue weighted by Crippen LogP contribution is 2.30. The molecule has 1 heterocycles. The topological polar surface area (TPSA) is 79.9 Å². The molecule has 1 aromatic carbocycles. The van der Waals surface area contributed by atoms with E-state index in [1.807, 2.05) is 12.1 Å². The number of rotatable bonds is 12. The van der Waals surface area contributed by atoms with E-state index in [1.165, 1.54) is 17.7 Å². The number of nitrogens with one attached hydrogen (secondary N) is 2. The number of imide groups is 1. The van der Waals surface area contributed by atoms with Crippen molar-refractivity contribution < 1.29 is 19.1 Å². The molecular formula is C18H25N3O4S. The molecule has 1 saturated carbocycles. The van der Waals surface area contributed by atoms with Crippen LogP contribution < -0.4 is 14.8 Å². The van der Waals surface area contributed by atoms with E-state index in [1.54, 1.807) is 11.9 Å². The fourth-order valence-corrected chi connectivity index (χ4v) is 3.18. The summed E-state index contributed by atoms with van der Waals surface area (Å²) in [5, 5.41) is 2.24. The monoisotopic (exact) mass is 379 g/mol. The van der Waals surface area contributed by atoms with Crippen molar-refractivity contribution in [3.8, 4) is 5.75 Å².